The Morgan fingerprint density at radius 1 is 1.32 bits per heavy atom. The molecule has 0 aliphatic carbocycles. The third-order valence-corrected chi connectivity index (χ3v) is 3.70. The number of rotatable bonds is 7. The molecule has 1 aromatic carbocycles. The standard InChI is InChI=1S/C16H19BrN2O3/c1-19(2)14(15-4-3-9-21-15)10-18-16(20)11-22-13-7-5-12(17)6-8-13/h3-9,14H,10-11H2,1-2H3,(H,18,20). The highest BCUT2D eigenvalue weighted by Crippen LogP contribution is 2.18. The summed E-state index contributed by atoms with van der Waals surface area (Å²) in [5, 5.41) is 2.86. The Morgan fingerprint density at radius 3 is 2.64 bits per heavy atom. The molecule has 1 aromatic heterocycles. The predicted molar refractivity (Wildman–Crippen MR) is 87.8 cm³/mol. The number of furan rings is 1. The maximum Gasteiger partial charge on any atom is 0.258 e. The minimum atomic E-state index is -0.165. The van der Waals surface area contributed by atoms with Crippen LogP contribution in [0.25, 0.3) is 0 Å². The van der Waals surface area contributed by atoms with E-state index >= 15 is 0 Å². The molecule has 2 aromatic rings. The van der Waals surface area contributed by atoms with Crippen molar-refractivity contribution >= 4 is 21.8 Å². The lowest BCUT2D eigenvalue weighted by atomic mass is 10.2. The van der Waals surface area contributed by atoms with Crippen LogP contribution in [0.1, 0.15) is 11.8 Å². The number of halogens is 1. The third-order valence-electron chi connectivity index (χ3n) is 3.17. The predicted octanol–water partition coefficient (Wildman–Crippen LogP) is 2.84. The Bertz CT molecular complexity index is 582. The van der Waals surface area contributed by atoms with E-state index < -0.39 is 0 Å². The summed E-state index contributed by atoms with van der Waals surface area (Å²) in [7, 11) is 3.88. The average molecular weight is 367 g/mol. The second-order valence-corrected chi connectivity index (χ2v) is 5.96. The van der Waals surface area contributed by atoms with Crippen LogP contribution in [-0.4, -0.2) is 38.1 Å². The van der Waals surface area contributed by atoms with Crippen LogP contribution >= 0.6 is 15.9 Å². The molecule has 0 aliphatic heterocycles. The van der Waals surface area contributed by atoms with Gasteiger partial charge in [-0.05, 0) is 50.5 Å². The van der Waals surface area contributed by atoms with Crippen molar-refractivity contribution in [1.82, 2.24) is 10.2 Å². The number of nitrogens with zero attached hydrogens (tertiary/aromatic N) is 1. The lowest BCUT2D eigenvalue weighted by molar-refractivity contribution is -0.123. The third kappa shape index (κ3) is 4.89. The molecule has 1 unspecified atom stereocenters. The molecule has 5 nitrogen and oxygen atoms in total. The van der Waals surface area contributed by atoms with Crippen molar-refractivity contribution < 1.29 is 13.9 Å². The fraction of sp³-hybridized carbons (Fsp3) is 0.312. The summed E-state index contributed by atoms with van der Waals surface area (Å²) >= 11 is 3.35. The number of carbonyl (C=O) groups excluding carboxylic acids is 1. The van der Waals surface area contributed by atoms with Gasteiger partial charge in [0.05, 0.1) is 12.3 Å². The highest BCUT2D eigenvalue weighted by atomic mass is 79.9. The SMILES string of the molecule is CN(C)C(CNC(=O)COc1ccc(Br)cc1)c1ccco1. The Hall–Kier alpha value is -1.79. The first-order valence-electron chi connectivity index (χ1n) is 6.91. The Morgan fingerprint density at radius 2 is 2.05 bits per heavy atom. The maximum absolute atomic E-state index is 11.9. The van der Waals surface area contributed by atoms with E-state index in [1.807, 2.05) is 55.4 Å². The zero-order chi connectivity index (χ0) is 15.9. The fourth-order valence-corrected chi connectivity index (χ4v) is 2.22. The number of carbonyl (C=O) groups is 1. The summed E-state index contributed by atoms with van der Waals surface area (Å²) in [6, 6.07) is 11.1. The topological polar surface area (TPSA) is 54.7 Å². The van der Waals surface area contributed by atoms with E-state index in [0.29, 0.717) is 12.3 Å². The van der Waals surface area contributed by atoms with Gasteiger partial charge in [-0.25, -0.2) is 0 Å². The van der Waals surface area contributed by atoms with E-state index in [-0.39, 0.29) is 18.6 Å². The first kappa shape index (κ1) is 16.6. The lowest BCUT2D eigenvalue weighted by Crippen LogP contribution is -2.36. The molecule has 0 aliphatic rings. The lowest BCUT2D eigenvalue weighted by Gasteiger charge is -2.22. The van der Waals surface area contributed by atoms with Crippen molar-refractivity contribution in [2.45, 2.75) is 6.04 Å². The second kappa shape index (κ2) is 8.00. The Balaban J connectivity index is 1.80. The molecular weight excluding hydrogens is 348 g/mol. The largest absolute Gasteiger partial charge is 0.484 e. The zero-order valence-corrected chi connectivity index (χ0v) is 14.2. The molecule has 0 spiro atoms. The van der Waals surface area contributed by atoms with Gasteiger partial charge < -0.3 is 14.5 Å². The molecule has 1 heterocycles. The van der Waals surface area contributed by atoms with E-state index in [9.17, 15) is 4.79 Å². The van der Waals surface area contributed by atoms with E-state index in [4.69, 9.17) is 9.15 Å². The van der Waals surface area contributed by atoms with Crippen molar-refractivity contribution in [2.24, 2.45) is 0 Å². The van der Waals surface area contributed by atoms with Gasteiger partial charge in [0, 0.05) is 11.0 Å². The maximum atomic E-state index is 11.9. The molecule has 6 heteroatoms. The van der Waals surface area contributed by atoms with Gasteiger partial charge in [-0.2, -0.15) is 0 Å². The monoisotopic (exact) mass is 366 g/mol. The summed E-state index contributed by atoms with van der Waals surface area (Å²) in [5.74, 6) is 1.31. The van der Waals surface area contributed by atoms with Crippen LogP contribution in [0.4, 0.5) is 0 Å². The molecule has 22 heavy (non-hydrogen) atoms. The second-order valence-electron chi connectivity index (χ2n) is 5.04. The van der Waals surface area contributed by atoms with Crippen LogP contribution in [0.15, 0.2) is 51.6 Å². The number of amides is 1. The fourth-order valence-electron chi connectivity index (χ4n) is 1.96. The molecule has 0 fully saturated rings. The number of nitrogens with one attached hydrogen (secondary N) is 1. The zero-order valence-electron chi connectivity index (χ0n) is 12.6. The van der Waals surface area contributed by atoms with Crippen LogP contribution in [0.2, 0.25) is 0 Å². The van der Waals surface area contributed by atoms with Gasteiger partial charge in [-0.3, -0.25) is 9.69 Å². The molecular formula is C16H19BrN2O3. The Kier molecular flexibility index (Phi) is 6.03. The van der Waals surface area contributed by atoms with Crippen molar-refractivity contribution in [2.75, 3.05) is 27.2 Å². The highest BCUT2D eigenvalue weighted by molar-refractivity contribution is 9.10. The van der Waals surface area contributed by atoms with E-state index in [2.05, 4.69) is 21.2 Å². The van der Waals surface area contributed by atoms with Crippen LogP contribution in [0.5, 0.6) is 5.75 Å². The van der Waals surface area contributed by atoms with Gasteiger partial charge in [0.15, 0.2) is 6.61 Å². The van der Waals surface area contributed by atoms with Crippen molar-refractivity contribution in [3.63, 3.8) is 0 Å². The smallest absolute Gasteiger partial charge is 0.258 e. The number of ether oxygens (including phenoxy) is 1. The van der Waals surface area contributed by atoms with Gasteiger partial charge in [0.2, 0.25) is 0 Å². The van der Waals surface area contributed by atoms with Crippen LogP contribution in [-0.2, 0) is 4.79 Å². The first-order valence-corrected chi connectivity index (χ1v) is 7.70. The summed E-state index contributed by atoms with van der Waals surface area (Å²) < 4.78 is 11.8. The molecule has 0 radical (unpaired) electrons. The molecule has 0 saturated heterocycles. The molecule has 1 amide bonds. The van der Waals surface area contributed by atoms with Crippen molar-refractivity contribution in [3.05, 3.63) is 52.9 Å². The summed E-state index contributed by atoms with van der Waals surface area (Å²) in [5.41, 5.74) is 0. The summed E-state index contributed by atoms with van der Waals surface area (Å²) in [6.07, 6.45) is 1.63. The van der Waals surface area contributed by atoms with Crippen LogP contribution in [0, 0.1) is 0 Å². The van der Waals surface area contributed by atoms with Crippen molar-refractivity contribution in [3.8, 4) is 5.75 Å². The molecule has 1 N–H and O–H groups in total. The number of hydrogen-bond donors (Lipinski definition) is 1. The van der Waals surface area contributed by atoms with E-state index in [0.717, 1.165) is 10.2 Å². The Labute approximate surface area is 138 Å². The van der Waals surface area contributed by atoms with Gasteiger partial charge in [0.25, 0.3) is 5.91 Å². The molecule has 0 bridgehead atoms. The quantitative estimate of drug-likeness (QED) is 0.818. The molecule has 118 valence electrons. The van der Waals surface area contributed by atoms with Crippen LogP contribution in [0.3, 0.4) is 0 Å². The summed E-state index contributed by atoms with van der Waals surface area (Å²) in [6.45, 7) is 0.447. The van der Waals surface area contributed by atoms with Crippen molar-refractivity contribution in [1.29, 1.82) is 0 Å². The number of likely N-dealkylation sites (N-methyl/N-ethyl adjacent to an activating group) is 1. The first-order chi connectivity index (χ1) is 10.6. The average Bonchev–Trinajstić information content (AvgIpc) is 3.00. The summed E-state index contributed by atoms with van der Waals surface area (Å²) in [4.78, 5) is 13.9. The minimum absolute atomic E-state index is 0.00775. The van der Waals surface area contributed by atoms with E-state index in [1.54, 1.807) is 6.26 Å². The normalized spacial score (nSPS) is 12.2. The van der Waals surface area contributed by atoms with Gasteiger partial charge in [-0.15, -0.1) is 0 Å². The molecule has 2 rings (SSSR count). The number of hydrogen-bond acceptors (Lipinski definition) is 4. The minimum Gasteiger partial charge on any atom is -0.484 e. The number of benzene rings is 1. The molecule has 1 atom stereocenters. The highest BCUT2D eigenvalue weighted by Gasteiger charge is 2.17. The van der Waals surface area contributed by atoms with Crippen LogP contribution < -0.4 is 10.1 Å². The van der Waals surface area contributed by atoms with Gasteiger partial charge in [-0.1, -0.05) is 15.9 Å². The van der Waals surface area contributed by atoms with Gasteiger partial charge in [0.1, 0.15) is 11.5 Å². The van der Waals surface area contributed by atoms with Gasteiger partial charge >= 0.3 is 0 Å². The molecule has 0 saturated carbocycles. The van der Waals surface area contributed by atoms with E-state index in [1.165, 1.54) is 0 Å².